The Morgan fingerprint density at radius 3 is 2.28 bits per heavy atom. The van der Waals surface area contributed by atoms with Crippen molar-refractivity contribution in [1.29, 1.82) is 0 Å². The first-order chi connectivity index (χ1) is 8.71. The molecule has 1 aliphatic heterocycles. The molecule has 5 heteroatoms. The van der Waals surface area contributed by atoms with Gasteiger partial charge in [0.25, 0.3) is 0 Å². The van der Waals surface area contributed by atoms with Crippen LogP contribution in [0.25, 0.3) is 0 Å². The average Bonchev–Trinajstić information content (AvgIpc) is 3.22. The maximum Gasteiger partial charge on any atom is 0.122 e. The van der Waals surface area contributed by atoms with Crippen LogP contribution in [0.15, 0.2) is 24.3 Å². The smallest absolute Gasteiger partial charge is 0.122 e. The van der Waals surface area contributed by atoms with Crippen LogP contribution in [-0.2, 0) is 4.74 Å². The van der Waals surface area contributed by atoms with Crippen LogP contribution >= 0.6 is 47.8 Å². The van der Waals surface area contributed by atoms with E-state index in [0.29, 0.717) is 6.10 Å². The van der Waals surface area contributed by atoms with Crippen LogP contribution < -0.4 is 4.74 Å². The summed E-state index contributed by atoms with van der Waals surface area (Å²) in [4.78, 5) is 0. The number of ether oxygens (including phenoxy) is 2. The average molecular weight is 445 g/mol. The molecule has 0 amide bonds. The van der Waals surface area contributed by atoms with Crippen LogP contribution in [0.4, 0.5) is 0 Å². The van der Waals surface area contributed by atoms with Crippen molar-refractivity contribution in [1.82, 2.24) is 0 Å². The highest BCUT2D eigenvalue weighted by Gasteiger charge is 2.19. The minimum absolute atomic E-state index is 0.195. The molecule has 0 N–H and O–H groups in total. The number of aryl methyl sites for hydroxylation is 1. The van der Waals surface area contributed by atoms with Crippen LogP contribution in [0.1, 0.15) is 5.56 Å². The second-order valence-electron chi connectivity index (χ2n) is 3.92. The van der Waals surface area contributed by atoms with E-state index < -0.39 is 0 Å². The van der Waals surface area contributed by atoms with Crippen LogP contribution in [0.5, 0.6) is 5.75 Å². The van der Waals surface area contributed by atoms with Gasteiger partial charge in [-0.3, -0.25) is 0 Å². The summed E-state index contributed by atoms with van der Waals surface area (Å²) < 4.78 is 10.6. The molecule has 2 rings (SSSR count). The van der Waals surface area contributed by atoms with E-state index >= 15 is 0 Å². The van der Waals surface area contributed by atoms with Crippen LogP contribution in [0, 0.1) is 6.92 Å². The van der Waals surface area contributed by atoms with Gasteiger partial charge in [-0.2, -0.15) is 0 Å². The van der Waals surface area contributed by atoms with Crippen molar-refractivity contribution in [3.05, 3.63) is 29.8 Å². The highest BCUT2D eigenvalue weighted by molar-refractivity contribution is 9.10. The summed E-state index contributed by atoms with van der Waals surface area (Å²) in [6, 6.07) is 8.05. The minimum atomic E-state index is 0.195. The summed E-state index contributed by atoms with van der Waals surface area (Å²) in [5.74, 6) is 0.964. The number of hydrogen-bond acceptors (Lipinski definition) is 2. The Balaban J connectivity index is 0.000000269. The maximum absolute atomic E-state index is 5.75. The van der Waals surface area contributed by atoms with Gasteiger partial charge in [-0.25, -0.2) is 0 Å². The Labute approximate surface area is 134 Å². The summed E-state index contributed by atoms with van der Waals surface area (Å²) >= 11 is 10.1. The summed E-state index contributed by atoms with van der Waals surface area (Å²) in [6.07, 6.45) is 0.746. The molecule has 1 aromatic carbocycles. The molecule has 0 aliphatic carbocycles. The van der Waals surface area contributed by atoms with Crippen molar-refractivity contribution in [3.8, 4) is 5.75 Å². The molecule has 0 bridgehead atoms. The van der Waals surface area contributed by atoms with Gasteiger partial charge >= 0.3 is 0 Å². The van der Waals surface area contributed by atoms with Crippen molar-refractivity contribution in [2.75, 3.05) is 22.6 Å². The number of para-hydroxylation sites is 1. The maximum atomic E-state index is 5.75. The molecule has 1 heterocycles. The quantitative estimate of drug-likeness (QED) is 0.498. The first-order valence-electron chi connectivity index (χ1n) is 5.73. The van der Waals surface area contributed by atoms with Gasteiger partial charge in [0.1, 0.15) is 11.9 Å². The Morgan fingerprint density at radius 1 is 1.28 bits per heavy atom. The van der Waals surface area contributed by atoms with E-state index in [1.807, 2.05) is 18.2 Å². The van der Waals surface area contributed by atoms with Crippen molar-refractivity contribution in [2.24, 2.45) is 0 Å². The lowest BCUT2D eigenvalue weighted by atomic mass is 10.2. The third-order valence-corrected chi connectivity index (χ3v) is 4.47. The predicted octanol–water partition coefficient (Wildman–Crippen LogP) is 4.31. The zero-order valence-electron chi connectivity index (χ0n) is 10.2. The van der Waals surface area contributed by atoms with Gasteiger partial charge in [0.2, 0.25) is 0 Å². The van der Waals surface area contributed by atoms with E-state index in [1.165, 1.54) is 5.56 Å². The van der Waals surface area contributed by atoms with Gasteiger partial charge < -0.3 is 9.47 Å². The largest absolute Gasteiger partial charge is 0.488 e. The summed E-state index contributed by atoms with van der Waals surface area (Å²) in [7, 11) is 0. The second kappa shape index (κ2) is 9.34. The van der Waals surface area contributed by atoms with Crippen LogP contribution in [-0.4, -0.2) is 34.8 Å². The molecule has 1 fully saturated rings. The molecular formula is C13H17Br3O2. The molecule has 0 aromatic heterocycles. The lowest BCUT2D eigenvalue weighted by Crippen LogP contribution is -2.19. The van der Waals surface area contributed by atoms with Gasteiger partial charge in [0.15, 0.2) is 0 Å². The third kappa shape index (κ3) is 6.55. The van der Waals surface area contributed by atoms with Crippen molar-refractivity contribution in [3.63, 3.8) is 0 Å². The van der Waals surface area contributed by atoms with Crippen LogP contribution in [0.3, 0.4) is 0 Å². The standard InChI is InChI=1S/C10H12Br2O.C3H5BrO/c1-8-4-2-3-5-10(8)13-9(6-11)7-12;4-1-3-2-5-3/h2-5,9H,6-7H2,1H3;3H,1-2H2. The number of hydrogen-bond donors (Lipinski definition) is 0. The van der Waals surface area contributed by atoms with E-state index in [2.05, 4.69) is 60.8 Å². The Kier molecular flexibility index (Phi) is 8.55. The van der Waals surface area contributed by atoms with Gasteiger partial charge in [0, 0.05) is 16.0 Å². The van der Waals surface area contributed by atoms with Gasteiger partial charge in [-0.1, -0.05) is 66.0 Å². The number of rotatable bonds is 5. The number of alkyl halides is 3. The molecular weight excluding hydrogens is 428 g/mol. The molecule has 2 nitrogen and oxygen atoms in total. The first kappa shape index (κ1) is 16.5. The fourth-order valence-electron chi connectivity index (χ4n) is 1.13. The van der Waals surface area contributed by atoms with E-state index in [9.17, 15) is 0 Å². The molecule has 0 radical (unpaired) electrons. The third-order valence-electron chi connectivity index (χ3n) is 2.31. The monoisotopic (exact) mass is 442 g/mol. The van der Waals surface area contributed by atoms with Gasteiger partial charge in [-0.05, 0) is 18.6 Å². The zero-order chi connectivity index (χ0) is 13.4. The molecule has 1 unspecified atom stereocenters. The summed E-state index contributed by atoms with van der Waals surface area (Å²) in [6.45, 7) is 3.01. The number of epoxide rings is 1. The normalized spacial score (nSPS) is 17.1. The molecule has 1 saturated heterocycles. The Hall–Kier alpha value is 0.420. The highest BCUT2D eigenvalue weighted by Crippen LogP contribution is 2.18. The Morgan fingerprint density at radius 2 is 1.89 bits per heavy atom. The first-order valence-corrected chi connectivity index (χ1v) is 9.09. The number of benzene rings is 1. The zero-order valence-corrected chi connectivity index (χ0v) is 15.0. The molecule has 102 valence electrons. The molecule has 1 aliphatic rings. The molecule has 1 aromatic rings. The summed E-state index contributed by atoms with van der Waals surface area (Å²) in [5.41, 5.74) is 1.18. The van der Waals surface area contributed by atoms with Gasteiger partial charge in [-0.15, -0.1) is 0 Å². The molecule has 0 saturated carbocycles. The molecule has 0 spiro atoms. The Bertz CT molecular complexity index is 339. The predicted molar refractivity (Wildman–Crippen MR) is 86.7 cm³/mol. The fraction of sp³-hybridized carbons (Fsp3) is 0.538. The van der Waals surface area contributed by atoms with Crippen molar-refractivity contribution >= 4 is 47.8 Å². The number of halogens is 3. The second-order valence-corrected chi connectivity index (χ2v) is 5.87. The van der Waals surface area contributed by atoms with Crippen molar-refractivity contribution in [2.45, 2.75) is 19.1 Å². The lowest BCUT2D eigenvalue weighted by Gasteiger charge is -2.15. The van der Waals surface area contributed by atoms with Gasteiger partial charge in [0.05, 0.1) is 12.7 Å². The van der Waals surface area contributed by atoms with E-state index in [0.717, 1.165) is 28.3 Å². The van der Waals surface area contributed by atoms with E-state index in [4.69, 9.17) is 9.47 Å². The van der Waals surface area contributed by atoms with E-state index in [-0.39, 0.29) is 6.10 Å². The van der Waals surface area contributed by atoms with Crippen LogP contribution in [0.2, 0.25) is 0 Å². The minimum Gasteiger partial charge on any atom is -0.488 e. The fourth-order valence-corrected chi connectivity index (χ4v) is 2.84. The van der Waals surface area contributed by atoms with Crippen molar-refractivity contribution < 1.29 is 9.47 Å². The topological polar surface area (TPSA) is 21.8 Å². The highest BCUT2D eigenvalue weighted by atomic mass is 79.9. The van der Waals surface area contributed by atoms with E-state index in [1.54, 1.807) is 0 Å². The lowest BCUT2D eigenvalue weighted by molar-refractivity contribution is 0.252. The SMILES string of the molecule is BrCC1CO1.Cc1ccccc1OC(CBr)CBr. The molecule has 1 atom stereocenters. The summed E-state index contributed by atoms with van der Waals surface area (Å²) in [5, 5.41) is 2.69. The molecule has 18 heavy (non-hydrogen) atoms.